The summed E-state index contributed by atoms with van der Waals surface area (Å²) in [4.78, 5) is 30.2. The summed E-state index contributed by atoms with van der Waals surface area (Å²) in [5.74, 6) is -0.382. The summed E-state index contributed by atoms with van der Waals surface area (Å²) in [6, 6.07) is 7.44. The van der Waals surface area contributed by atoms with Crippen LogP contribution in [0, 0.1) is 10.1 Å². The Hall–Kier alpha value is -3.00. The molecule has 116 valence electrons. The largest absolute Gasteiger partial charge is 0.479 e. The van der Waals surface area contributed by atoms with E-state index in [9.17, 15) is 14.9 Å². The van der Waals surface area contributed by atoms with Crippen molar-refractivity contribution in [3.63, 3.8) is 0 Å². The fourth-order valence-electron chi connectivity index (χ4n) is 1.98. The first-order valence-electron chi connectivity index (χ1n) is 6.44. The Labute approximate surface area is 134 Å². The molecular formula is C14H9ClN4O4. The second-order valence-corrected chi connectivity index (χ2v) is 4.97. The highest BCUT2D eigenvalue weighted by Gasteiger charge is 2.16. The average Bonchev–Trinajstić information content (AvgIpc) is 2.54. The van der Waals surface area contributed by atoms with Crippen molar-refractivity contribution in [2.45, 2.75) is 6.61 Å². The first-order chi connectivity index (χ1) is 11.0. The molecule has 0 aliphatic heterocycles. The highest BCUT2D eigenvalue weighted by atomic mass is 35.5. The monoisotopic (exact) mass is 332 g/mol. The van der Waals surface area contributed by atoms with Gasteiger partial charge in [-0.15, -0.1) is 0 Å². The van der Waals surface area contributed by atoms with E-state index in [4.69, 9.17) is 16.3 Å². The highest BCUT2D eigenvalue weighted by Crippen LogP contribution is 2.23. The molecule has 0 radical (unpaired) electrons. The third-order valence-corrected chi connectivity index (χ3v) is 3.20. The van der Waals surface area contributed by atoms with Gasteiger partial charge in [-0.2, -0.15) is 0 Å². The predicted molar refractivity (Wildman–Crippen MR) is 81.7 cm³/mol. The first kappa shape index (κ1) is 14.9. The van der Waals surface area contributed by atoms with Crippen molar-refractivity contribution < 1.29 is 9.66 Å². The van der Waals surface area contributed by atoms with Crippen LogP contribution in [0.15, 0.2) is 47.5 Å². The van der Waals surface area contributed by atoms with Gasteiger partial charge in [0.05, 0.1) is 10.7 Å². The number of nitrogens with zero attached hydrogens (tertiary/aromatic N) is 4. The molecule has 0 bridgehead atoms. The van der Waals surface area contributed by atoms with Gasteiger partial charge in [-0.1, -0.05) is 11.6 Å². The molecule has 9 heteroatoms. The number of hydrogen-bond donors (Lipinski definition) is 0. The molecule has 0 fully saturated rings. The zero-order chi connectivity index (χ0) is 16.4. The van der Waals surface area contributed by atoms with Crippen LogP contribution >= 0.6 is 11.6 Å². The quantitative estimate of drug-likeness (QED) is 0.536. The Bertz CT molecular complexity index is 957. The highest BCUT2D eigenvalue weighted by molar-refractivity contribution is 6.30. The fraction of sp³-hybridized carbons (Fsp3) is 0.0714. The lowest BCUT2D eigenvalue weighted by molar-refractivity contribution is -0.390. The van der Waals surface area contributed by atoms with Gasteiger partial charge in [0.2, 0.25) is 5.75 Å². The Kier molecular flexibility index (Phi) is 3.90. The maximum Gasteiger partial charge on any atom is 0.406 e. The van der Waals surface area contributed by atoms with Gasteiger partial charge in [-0.25, -0.2) is 4.98 Å². The molecule has 0 N–H and O–H groups in total. The lowest BCUT2D eigenvalue weighted by atomic mass is 10.3. The van der Waals surface area contributed by atoms with Crippen LogP contribution in [0.3, 0.4) is 0 Å². The third-order valence-electron chi connectivity index (χ3n) is 2.98. The van der Waals surface area contributed by atoms with Crippen LogP contribution in [0.2, 0.25) is 5.02 Å². The molecular weight excluding hydrogens is 324 g/mol. The second-order valence-electron chi connectivity index (χ2n) is 4.53. The van der Waals surface area contributed by atoms with Gasteiger partial charge >= 0.3 is 5.82 Å². The minimum atomic E-state index is -0.639. The summed E-state index contributed by atoms with van der Waals surface area (Å²) < 4.78 is 6.68. The van der Waals surface area contributed by atoms with E-state index in [0.29, 0.717) is 16.4 Å². The van der Waals surface area contributed by atoms with Crippen LogP contribution in [0.25, 0.3) is 5.65 Å². The predicted octanol–water partition coefficient (Wildman–Crippen LogP) is 2.23. The number of pyridine rings is 2. The number of halogens is 1. The molecule has 3 aromatic heterocycles. The van der Waals surface area contributed by atoms with Crippen molar-refractivity contribution >= 4 is 23.1 Å². The molecule has 8 nitrogen and oxygen atoms in total. The van der Waals surface area contributed by atoms with Gasteiger partial charge < -0.3 is 14.9 Å². The van der Waals surface area contributed by atoms with Crippen LogP contribution in [-0.4, -0.2) is 19.3 Å². The van der Waals surface area contributed by atoms with E-state index in [0.717, 1.165) is 0 Å². The topological polar surface area (TPSA) is 99.6 Å². The van der Waals surface area contributed by atoms with Crippen LogP contribution in [0.4, 0.5) is 5.82 Å². The molecule has 0 aromatic carbocycles. The fourth-order valence-corrected chi connectivity index (χ4v) is 2.14. The molecule has 0 saturated carbocycles. The smallest absolute Gasteiger partial charge is 0.406 e. The van der Waals surface area contributed by atoms with Crippen molar-refractivity contribution in [3.8, 4) is 5.75 Å². The van der Waals surface area contributed by atoms with Crippen molar-refractivity contribution in [2.75, 3.05) is 0 Å². The molecule has 0 spiro atoms. The van der Waals surface area contributed by atoms with Crippen molar-refractivity contribution in [1.82, 2.24) is 14.4 Å². The van der Waals surface area contributed by atoms with Crippen molar-refractivity contribution in [1.29, 1.82) is 0 Å². The van der Waals surface area contributed by atoms with E-state index in [-0.39, 0.29) is 17.9 Å². The number of ether oxygens (including phenoxy) is 1. The Morgan fingerprint density at radius 1 is 1.35 bits per heavy atom. The lowest BCUT2D eigenvalue weighted by Gasteiger charge is -2.07. The molecule has 3 aromatic rings. The SMILES string of the molecule is O=c1cc(COc2cccnc2[N+](=O)[O-])nc2ccc(Cl)cn12. The van der Waals surface area contributed by atoms with Crippen molar-refractivity contribution in [2.24, 2.45) is 0 Å². The Morgan fingerprint density at radius 3 is 2.96 bits per heavy atom. The molecule has 0 amide bonds. The number of hydrogen-bond acceptors (Lipinski definition) is 6. The summed E-state index contributed by atoms with van der Waals surface area (Å²) in [5.41, 5.74) is 0.424. The number of fused-ring (bicyclic) bond motifs is 1. The van der Waals surface area contributed by atoms with Gasteiger partial charge in [0.1, 0.15) is 18.5 Å². The summed E-state index contributed by atoms with van der Waals surface area (Å²) in [6.45, 7) is -0.0963. The Balaban J connectivity index is 1.90. The minimum absolute atomic E-state index is 0.00982. The van der Waals surface area contributed by atoms with E-state index in [1.165, 1.54) is 35.0 Å². The standard InChI is InChI=1S/C14H9ClN4O4/c15-9-3-4-12-17-10(6-13(20)18(12)7-9)8-23-11-2-1-5-16-14(11)19(21)22/h1-7H,8H2. The summed E-state index contributed by atoms with van der Waals surface area (Å²) in [6.07, 6.45) is 2.76. The van der Waals surface area contributed by atoms with Crippen molar-refractivity contribution in [3.05, 3.63) is 73.9 Å². The van der Waals surface area contributed by atoms with Gasteiger partial charge in [0.15, 0.2) is 0 Å². The minimum Gasteiger partial charge on any atom is -0.479 e. The molecule has 0 unspecified atom stereocenters. The molecule has 3 heterocycles. The third kappa shape index (κ3) is 3.11. The van der Waals surface area contributed by atoms with Crippen LogP contribution in [-0.2, 0) is 6.61 Å². The average molecular weight is 333 g/mol. The molecule has 0 saturated heterocycles. The molecule has 0 aliphatic carbocycles. The van der Waals surface area contributed by atoms with Crippen LogP contribution in [0.1, 0.15) is 5.69 Å². The summed E-state index contributed by atoms with van der Waals surface area (Å²) >= 11 is 5.84. The zero-order valence-corrected chi connectivity index (χ0v) is 12.3. The van der Waals surface area contributed by atoms with Crippen LogP contribution in [0.5, 0.6) is 5.75 Å². The zero-order valence-electron chi connectivity index (χ0n) is 11.5. The van der Waals surface area contributed by atoms with E-state index in [2.05, 4.69) is 9.97 Å². The van der Waals surface area contributed by atoms with Gasteiger partial charge in [0.25, 0.3) is 5.56 Å². The maximum atomic E-state index is 12.0. The van der Waals surface area contributed by atoms with E-state index < -0.39 is 10.7 Å². The maximum absolute atomic E-state index is 12.0. The van der Waals surface area contributed by atoms with E-state index in [1.54, 1.807) is 12.1 Å². The number of aromatic nitrogens is 3. The number of nitro groups is 1. The molecule has 0 atom stereocenters. The Morgan fingerprint density at radius 2 is 2.17 bits per heavy atom. The second kappa shape index (κ2) is 6.01. The van der Waals surface area contributed by atoms with Gasteiger partial charge in [-0.05, 0) is 34.2 Å². The van der Waals surface area contributed by atoms with E-state index in [1.807, 2.05) is 0 Å². The molecule has 0 aliphatic rings. The molecule has 23 heavy (non-hydrogen) atoms. The summed E-state index contributed by atoms with van der Waals surface area (Å²) in [7, 11) is 0. The lowest BCUT2D eigenvalue weighted by Crippen LogP contribution is -2.16. The van der Waals surface area contributed by atoms with Crippen LogP contribution < -0.4 is 10.3 Å². The van der Waals surface area contributed by atoms with E-state index >= 15 is 0 Å². The van der Waals surface area contributed by atoms with Gasteiger partial charge in [0, 0.05) is 12.3 Å². The summed E-state index contributed by atoms with van der Waals surface area (Å²) in [5, 5.41) is 11.3. The normalized spacial score (nSPS) is 10.7. The van der Waals surface area contributed by atoms with Gasteiger partial charge in [-0.3, -0.25) is 9.20 Å². The first-order valence-corrected chi connectivity index (χ1v) is 6.82. The molecule has 3 rings (SSSR count). The number of rotatable bonds is 4.